The second kappa shape index (κ2) is 12.3. The van der Waals surface area contributed by atoms with Crippen LogP contribution in [0.4, 0.5) is 0 Å². The van der Waals surface area contributed by atoms with E-state index in [9.17, 15) is 18.3 Å². The van der Waals surface area contributed by atoms with Gasteiger partial charge >= 0.3 is 0 Å². The summed E-state index contributed by atoms with van der Waals surface area (Å²) in [5.41, 5.74) is -0.314. The summed E-state index contributed by atoms with van der Waals surface area (Å²) < 4.78 is 33.2. The fraction of sp³-hybridized carbons (Fsp3) is 0.720. The number of hydrogen-bond acceptors (Lipinski definition) is 6. The first-order valence-electron chi connectivity index (χ1n) is 12.2. The lowest BCUT2D eigenvalue weighted by Gasteiger charge is -2.37. The standard InChI is InChI=1S/C25H43N3O5S/c1-19(2)17-28(34(31,32)22-12-10-21(33-6)11-13-22)16-14-20(29)18-27-15-8-7-9-23(27)24(30)26-25(3,4)5/h10-13,19-20,23,29H,7-9,14-18H2,1-6H3,(H,26,30)/t20-,23+/m1/s1. The quantitative estimate of drug-likeness (QED) is 0.488. The molecule has 0 aromatic heterocycles. The minimum atomic E-state index is -3.71. The van der Waals surface area contributed by atoms with Crippen molar-refractivity contribution in [2.45, 2.75) is 82.9 Å². The third-order valence-corrected chi connectivity index (χ3v) is 7.72. The van der Waals surface area contributed by atoms with Gasteiger partial charge in [-0.05, 0) is 76.8 Å². The van der Waals surface area contributed by atoms with Crippen molar-refractivity contribution in [3.63, 3.8) is 0 Å². The molecule has 194 valence electrons. The molecule has 0 unspecified atom stereocenters. The number of piperidine rings is 1. The number of nitrogens with zero attached hydrogens (tertiary/aromatic N) is 2. The molecule has 1 aromatic carbocycles. The van der Waals surface area contributed by atoms with Gasteiger partial charge in [0, 0.05) is 25.2 Å². The Morgan fingerprint density at radius 1 is 1.24 bits per heavy atom. The Morgan fingerprint density at radius 3 is 2.44 bits per heavy atom. The Hall–Kier alpha value is -1.68. The van der Waals surface area contributed by atoms with Gasteiger partial charge in [0.1, 0.15) is 5.75 Å². The van der Waals surface area contributed by atoms with Crippen molar-refractivity contribution in [1.82, 2.24) is 14.5 Å². The van der Waals surface area contributed by atoms with Crippen LogP contribution < -0.4 is 10.1 Å². The number of ether oxygens (including phenoxy) is 1. The van der Waals surface area contributed by atoms with Gasteiger partial charge in [-0.2, -0.15) is 4.31 Å². The van der Waals surface area contributed by atoms with E-state index in [0.717, 1.165) is 25.8 Å². The van der Waals surface area contributed by atoms with Gasteiger partial charge in [-0.25, -0.2) is 8.42 Å². The van der Waals surface area contributed by atoms with Crippen LogP contribution in [-0.4, -0.2) is 79.6 Å². The number of hydrogen-bond donors (Lipinski definition) is 2. The first-order chi connectivity index (χ1) is 15.8. The van der Waals surface area contributed by atoms with E-state index >= 15 is 0 Å². The second-order valence-electron chi connectivity index (χ2n) is 10.6. The zero-order valence-corrected chi connectivity index (χ0v) is 22.4. The number of benzene rings is 1. The zero-order chi connectivity index (χ0) is 25.5. The maximum atomic E-state index is 13.3. The van der Waals surface area contributed by atoms with Gasteiger partial charge in [-0.3, -0.25) is 9.69 Å². The van der Waals surface area contributed by atoms with Crippen molar-refractivity contribution in [3.05, 3.63) is 24.3 Å². The lowest BCUT2D eigenvalue weighted by molar-refractivity contribution is -0.129. The highest BCUT2D eigenvalue weighted by atomic mass is 32.2. The highest BCUT2D eigenvalue weighted by molar-refractivity contribution is 7.89. The number of aliphatic hydroxyl groups excluding tert-OH is 1. The van der Waals surface area contributed by atoms with Crippen molar-refractivity contribution in [2.75, 3.05) is 33.3 Å². The van der Waals surface area contributed by atoms with Crippen molar-refractivity contribution in [1.29, 1.82) is 0 Å². The summed E-state index contributed by atoms with van der Waals surface area (Å²) >= 11 is 0. The van der Waals surface area contributed by atoms with Crippen LogP contribution in [-0.2, 0) is 14.8 Å². The molecule has 0 aliphatic carbocycles. The fourth-order valence-electron chi connectivity index (χ4n) is 4.23. The predicted octanol–water partition coefficient (Wildman–Crippen LogP) is 2.86. The Labute approximate surface area is 205 Å². The summed E-state index contributed by atoms with van der Waals surface area (Å²) in [5.74, 6) is 0.719. The van der Waals surface area contributed by atoms with Gasteiger partial charge in [-0.1, -0.05) is 20.3 Å². The number of methoxy groups -OCH3 is 1. The highest BCUT2D eigenvalue weighted by Gasteiger charge is 2.32. The van der Waals surface area contributed by atoms with Crippen LogP contribution in [0, 0.1) is 5.92 Å². The molecule has 0 spiro atoms. The van der Waals surface area contributed by atoms with E-state index in [2.05, 4.69) is 5.32 Å². The molecule has 0 saturated carbocycles. The Balaban J connectivity index is 2.05. The van der Waals surface area contributed by atoms with Gasteiger partial charge in [0.2, 0.25) is 15.9 Å². The largest absolute Gasteiger partial charge is 0.497 e. The van der Waals surface area contributed by atoms with E-state index in [0.29, 0.717) is 25.3 Å². The number of rotatable bonds is 11. The topological polar surface area (TPSA) is 99.2 Å². The first-order valence-corrected chi connectivity index (χ1v) is 13.7. The molecule has 2 rings (SSSR count). The average Bonchev–Trinajstić information content (AvgIpc) is 2.75. The van der Waals surface area contributed by atoms with Crippen LogP contribution in [0.15, 0.2) is 29.2 Å². The average molecular weight is 498 g/mol. The monoisotopic (exact) mass is 497 g/mol. The molecule has 0 radical (unpaired) electrons. The lowest BCUT2D eigenvalue weighted by Crippen LogP contribution is -2.55. The highest BCUT2D eigenvalue weighted by Crippen LogP contribution is 2.22. The molecule has 1 aromatic rings. The van der Waals surface area contributed by atoms with Crippen molar-refractivity contribution in [3.8, 4) is 5.75 Å². The molecule has 1 amide bonds. The minimum Gasteiger partial charge on any atom is -0.497 e. The molecule has 1 heterocycles. The number of carbonyl (C=O) groups excluding carboxylic acids is 1. The summed E-state index contributed by atoms with van der Waals surface area (Å²) in [7, 11) is -2.17. The van der Waals surface area contributed by atoms with E-state index in [-0.39, 0.29) is 34.8 Å². The van der Waals surface area contributed by atoms with Crippen LogP contribution in [0.1, 0.15) is 60.3 Å². The van der Waals surface area contributed by atoms with Crippen LogP contribution >= 0.6 is 0 Å². The zero-order valence-electron chi connectivity index (χ0n) is 21.6. The second-order valence-corrected chi connectivity index (χ2v) is 12.6. The van der Waals surface area contributed by atoms with Crippen molar-refractivity contribution < 1.29 is 23.1 Å². The summed E-state index contributed by atoms with van der Waals surface area (Å²) in [6.45, 7) is 11.5. The smallest absolute Gasteiger partial charge is 0.243 e. The summed E-state index contributed by atoms with van der Waals surface area (Å²) in [5, 5.41) is 13.9. The van der Waals surface area contributed by atoms with Gasteiger partial charge in [0.05, 0.1) is 24.2 Å². The van der Waals surface area contributed by atoms with E-state index in [1.807, 2.05) is 39.5 Å². The third-order valence-electron chi connectivity index (χ3n) is 5.84. The predicted molar refractivity (Wildman–Crippen MR) is 134 cm³/mol. The number of sulfonamides is 1. The molecule has 2 atom stereocenters. The van der Waals surface area contributed by atoms with Crippen LogP contribution in [0.25, 0.3) is 0 Å². The fourth-order valence-corrected chi connectivity index (χ4v) is 5.85. The molecule has 0 bridgehead atoms. The van der Waals surface area contributed by atoms with Gasteiger partial charge in [0.15, 0.2) is 0 Å². The van der Waals surface area contributed by atoms with E-state index in [1.54, 1.807) is 24.3 Å². The number of nitrogens with one attached hydrogen (secondary N) is 1. The summed E-state index contributed by atoms with van der Waals surface area (Å²) in [4.78, 5) is 15.0. The Morgan fingerprint density at radius 2 is 1.88 bits per heavy atom. The van der Waals surface area contributed by atoms with Crippen LogP contribution in [0.2, 0.25) is 0 Å². The van der Waals surface area contributed by atoms with Crippen LogP contribution in [0.5, 0.6) is 5.75 Å². The molecular weight excluding hydrogens is 454 g/mol. The van der Waals surface area contributed by atoms with E-state index in [4.69, 9.17) is 4.74 Å². The molecule has 8 nitrogen and oxygen atoms in total. The van der Waals surface area contributed by atoms with E-state index in [1.165, 1.54) is 11.4 Å². The third kappa shape index (κ3) is 8.52. The SMILES string of the molecule is COc1ccc(S(=O)(=O)N(CC[C@@H](O)CN2CCCC[C@H]2C(=O)NC(C)(C)C)CC(C)C)cc1. The molecule has 1 aliphatic heterocycles. The number of likely N-dealkylation sites (tertiary alicyclic amines) is 1. The van der Waals surface area contributed by atoms with Gasteiger partial charge in [-0.15, -0.1) is 0 Å². The molecule has 2 N–H and O–H groups in total. The molecule has 1 saturated heterocycles. The van der Waals surface area contributed by atoms with Gasteiger partial charge in [0.25, 0.3) is 0 Å². The first kappa shape index (κ1) is 28.6. The number of amides is 1. The maximum Gasteiger partial charge on any atom is 0.243 e. The Kier molecular flexibility index (Phi) is 10.4. The molecule has 9 heteroatoms. The Bertz CT molecular complexity index is 881. The normalized spacial score (nSPS) is 18.8. The van der Waals surface area contributed by atoms with Gasteiger partial charge < -0.3 is 15.2 Å². The summed E-state index contributed by atoms with van der Waals surface area (Å²) in [6.07, 6.45) is 2.30. The molecule has 34 heavy (non-hydrogen) atoms. The minimum absolute atomic E-state index is 0.0112. The number of β-amino-alcohol motifs (C(OH)–C–C–N with tert-alkyl or cyclic N) is 1. The van der Waals surface area contributed by atoms with Crippen molar-refractivity contribution >= 4 is 15.9 Å². The number of aliphatic hydroxyl groups is 1. The molecule has 1 aliphatic rings. The van der Waals surface area contributed by atoms with Crippen LogP contribution in [0.3, 0.4) is 0 Å². The lowest BCUT2D eigenvalue weighted by atomic mass is 9.99. The van der Waals surface area contributed by atoms with E-state index < -0.39 is 16.1 Å². The van der Waals surface area contributed by atoms with Crippen molar-refractivity contribution in [2.24, 2.45) is 5.92 Å². The molecular formula is C25H43N3O5S. The molecule has 1 fully saturated rings. The summed E-state index contributed by atoms with van der Waals surface area (Å²) in [6, 6.07) is 6.09. The maximum absolute atomic E-state index is 13.3. The number of carbonyl (C=O) groups is 1.